The molecule has 1 aliphatic heterocycles. The third kappa shape index (κ3) is 67.0. The number of carbonyl (C=O) groups excluding carboxylic acids is 6. The van der Waals surface area contributed by atoms with Crippen LogP contribution in [-0.4, -0.2) is 149 Å². The van der Waals surface area contributed by atoms with Gasteiger partial charge in [0.05, 0.1) is 51.1 Å². The molecule has 1 fully saturated rings. The largest absolute Gasteiger partial charge is 0.470 e. The van der Waals surface area contributed by atoms with E-state index in [2.05, 4.69) is 52.2 Å². The summed E-state index contributed by atoms with van der Waals surface area (Å²) in [6.07, 6.45) is 50.9. The van der Waals surface area contributed by atoms with Crippen LogP contribution in [-0.2, 0) is 75.4 Å². The molecule has 25 heteroatoms. The van der Waals surface area contributed by atoms with Gasteiger partial charge in [0.1, 0.15) is 36.6 Å². The normalized spacial score (nSPS) is 17.4. The Morgan fingerprint density at radius 2 is 0.672 bits per heavy atom. The molecule has 2 amide bonds. The van der Waals surface area contributed by atoms with Crippen LogP contribution < -0.4 is 10.6 Å². The van der Waals surface area contributed by atoms with Gasteiger partial charge in [0.15, 0.2) is 12.4 Å². The number of ether oxygens (including phenoxy) is 6. The Balaban J connectivity index is 4.00. The van der Waals surface area contributed by atoms with Crippen molar-refractivity contribution < 1.29 is 100 Å². The monoisotopic (exact) mass is 1740 g/mol. The molecule has 0 radical (unpaired) electrons. The van der Waals surface area contributed by atoms with Gasteiger partial charge in [-0.15, -0.1) is 0 Å². The van der Waals surface area contributed by atoms with Crippen molar-refractivity contribution in [3.63, 3.8) is 0 Å². The summed E-state index contributed by atoms with van der Waals surface area (Å²) in [4.78, 5) is 118. The summed E-state index contributed by atoms with van der Waals surface area (Å²) in [5.74, 6) is -3.79. The molecule has 1 rings (SSSR count). The molecule has 7 N–H and O–H groups in total. The van der Waals surface area contributed by atoms with Gasteiger partial charge in [0.25, 0.3) is 0 Å². The minimum atomic E-state index is -5.61. The summed E-state index contributed by atoms with van der Waals surface area (Å²) in [6.45, 7) is 10.2. The lowest BCUT2D eigenvalue weighted by atomic mass is 9.90. The highest BCUT2D eigenvalue weighted by atomic mass is 31.2. The van der Waals surface area contributed by atoms with Gasteiger partial charge < -0.3 is 68.5 Å². The average Bonchev–Trinajstić information content (AvgIpc) is 0.777. The van der Waals surface area contributed by atoms with E-state index < -0.39 is 151 Å². The Morgan fingerprint density at radius 1 is 0.378 bits per heavy atom. The second-order valence-electron chi connectivity index (χ2n) is 35.1. The van der Waals surface area contributed by atoms with Gasteiger partial charge >= 0.3 is 39.3 Å². The van der Waals surface area contributed by atoms with Gasteiger partial charge in [0.2, 0.25) is 11.8 Å². The van der Waals surface area contributed by atoms with Crippen molar-refractivity contribution in [2.45, 2.75) is 521 Å². The van der Waals surface area contributed by atoms with Crippen LogP contribution >= 0.6 is 15.4 Å². The highest BCUT2D eigenvalue weighted by Crippen LogP contribution is 2.44. The molecule has 0 bridgehead atoms. The first-order valence-electron chi connectivity index (χ1n) is 49.0. The highest BCUT2D eigenvalue weighted by Gasteiger charge is 2.53. The summed E-state index contributed by atoms with van der Waals surface area (Å²) in [5.41, 5.74) is -1.83. The van der Waals surface area contributed by atoms with Gasteiger partial charge in [-0.3, -0.25) is 37.9 Å². The number of amides is 2. The van der Waals surface area contributed by atoms with Crippen molar-refractivity contribution in [3.05, 3.63) is 0 Å². The molecule has 10 atom stereocenters. The molecule has 0 spiro atoms. The van der Waals surface area contributed by atoms with Crippen LogP contribution in [0.2, 0.25) is 0 Å². The third-order valence-corrected chi connectivity index (χ3v) is 24.4. The molecule has 1 saturated heterocycles. The summed E-state index contributed by atoms with van der Waals surface area (Å²) < 4.78 is 74.8. The predicted octanol–water partition coefficient (Wildman–Crippen LogP) is 23.5. The number of hydrogen-bond acceptors (Lipinski definition) is 18. The average molecular weight is 1740 g/mol. The second-order valence-corrected chi connectivity index (χ2v) is 38.2. The number of nitrogens with one attached hydrogen (secondary N) is 2. The molecule has 0 aromatic carbocycles. The zero-order chi connectivity index (χ0) is 87.6. The number of aliphatic hydroxyl groups excluding tert-OH is 2. The van der Waals surface area contributed by atoms with Crippen LogP contribution in [0.15, 0.2) is 0 Å². The summed E-state index contributed by atoms with van der Waals surface area (Å²) in [5, 5.41) is 28.4. The number of esters is 4. The van der Waals surface area contributed by atoms with Crippen molar-refractivity contribution in [2.24, 2.45) is 5.41 Å². The Morgan fingerprint density at radius 3 is 0.966 bits per heavy atom. The number of phosphoric acid groups is 1. The molecule has 1 heterocycles. The molecule has 119 heavy (non-hydrogen) atoms. The zero-order valence-electron chi connectivity index (χ0n) is 76.7. The van der Waals surface area contributed by atoms with Crippen LogP contribution in [0.1, 0.15) is 472 Å². The number of carbonyl (C=O) groups is 6. The first-order valence-corrected chi connectivity index (χ1v) is 52.6. The van der Waals surface area contributed by atoms with Crippen LogP contribution in [0.5, 0.6) is 0 Å². The van der Waals surface area contributed by atoms with Gasteiger partial charge in [-0.1, -0.05) is 375 Å². The maximum Gasteiger partial charge on any atom is 0.470 e. The molecule has 1 aliphatic rings. The Hall–Kier alpha value is -3.08. The van der Waals surface area contributed by atoms with E-state index in [0.717, 1.165) is 199 Å². The van der Waals surface area contributed by atoms with E-state index in [0.29, 0.717) is 51.4 Å². The molecule has 0 aromatic rings. The smallest absolute Gasteiger partial charge is 0.462 e. The second kappa shape index (κ2) is 77.3. The molecular formula is C94H180N2O21P2. The van der Waals surface area contributed by atoms with Crippen molar-refractivity contribution >= 4 is 51.1 Å². The number of phosphoric ester groups is 1. The van der Waals surface area contributed by atoms with Crippen LogP contribution in [0.25, 0.3) is 0 Å². The van der Waals surface area contributed by atoms with Crippen molar-refractivity contribution in [1.82, 2.24) is 10.6 Å². The number of aliphatic hydroxyl groups is 2. The fourth-order valence-electron chi connectivity index (χ4n) is 15.8. The van der Waals surface area contributed by atoms with Crippen molar-refractivity contribution in [2.75, 3.05) is 39.6 Å². The van der Waals surface area contributed by atoms with E-state index >= 15 is 4.79 Å². The maximum atomic E-state index is 15.1. The maximum absolute atomic E-state index is 15.1. The van der Waals surface area contributed by atoms with E-state index in [9.17, 15) is 58.0 Å². The van der Waals surface area contributed by atoms with Crippen molar-refractivity contribution in [1.29, 1.82) is 0 Å². The molecule has 4 unspecified atom stereocenters. The molecule has 702 valence electrons. The first-order chi connectivity index (χ1) is 57.5. The SMILES string of the molecule is CCCCCCCCCCCCCC(=O)O[C@H](CCCCCCCCCCC)CC(=O)NCC(CO)(COC1OC(CO)[C@@H](OP(=O)(O)O)[C@H](OC(=O)C[C@@H](CCCCCCCCCCC)OC(=O)CCCCCCCCCCC)[C@@H]1NC(=O)C[C@@H](CCCCCCCCCCC)OC(=O)CCCCCCCCCCCCC)COP(C)(=O)O. The summed E-state index contributed by atoms with van der Waals surface area (Å²) in [6, 6.07) is -1.81. The number of unbranched alkanes of at least 4 members (excludes halogenated alkanes) is 52. The zero-order valence-corrected chi connectivity index (χ0v) is 78.5. The quantitative estimate of drug-likeness (QED) is 0.0129. The lowest BCUT2D eigenvalue weighted by Gasteiger charge is -2.46. The van der Waals surface area contributed by atoms with E-state index in [1.165, 1.54) is 141 Å². The van der Waals surface area contributed by atoms with Crippen LogP contribution in [0.3, 0.4) is 0 Å². The van der Waals surface area contributed by atoms with Gasteiger partial charge in [0, 0.05) is 32.5 Å². The van der Waals surface area contributed by atoms with Gasteiger partial charge in [-0.25, -0.2) is 4.57 Å². The Bertz CT molecular complexity index is 2540. The van der Waals surface area contributed by atoms with Crippen LogP contribution in [0, 0.1) is 5.41 Å². The molecular weight excluding hydrogens is 1550 g/mol. The molecule has 0 aliphatic carbocycles. The number of rotatable bonds is 87. The standard InChI is InChI=1S/C94H180N2O21P2/c1-8-14-20-26-32-38-40-46-52-58-63-69-86(101)112-80(66-60-54-48-42-34-28-22-16-10-3)72-84(99)95-76-94(77-98,79-111-118(7,105)106)78-110-93-90(96-85(100)73-81(67-61-55-49-43-35-29-23-17-11-4)113-87(102)70-64-59-53-47-41-39-33-27-21-15-9-2)92(91(83(75-97)115-93)117-119(107,108)109)116-89(104)74-82(68-62-56-50-44-36-30-24-18-12-5)114-88(103)71-65-57-51-45-37-31-25-19-13-6/h80-83,90-93,97-98H,8-79H2,1-7H3,(H,95,99)(H,96,100)(H,105,106)(H2,107,108,109)/t80-,81-,82-,83?,90+,91-,92-,93?,94?/m1/s1. The van der Waals surface area contributed by atoms with E-state index in [-0.39, 0.29) is 32.1 Å². The predicted molar refractivity (Wildman–Crippen MR) is 478 cm³/mol. The summed E-state index contributed by atoms with van der Waals surface area (Å²) in [7, 11) is -9.97. The Kier molecular flexibility index (Phi) is 74.0. The Labute approximate surface area is 724 Å². The number of hydrogen-bond donors (Lipinski definition) is 7. The molecule has 23 nitrogen and oxygen atoms in total. The fraction of sp³-hybridized carbons (Fsp3) is 0.936. The van der Waals surface area contributed by atoms with E-state index in [1.54, 1.807) is 0 Å². The highest BCUT2D eigenvalue weighted by molar-refractivity contribution is 7.51. The lowest BCUT2D eigenvalue weighted by molar-refractivity contribution is -0.278. The minimum absolute atomic E-state index is 0.116. The van der Waals surface area contributed by atoms with Gasteiger partial charge in [-0.2, -0.15) is 0 Å². The third-order valence-electron chi connectivity index (χ3n) is 23.3. The molecule has 0 saturated carbocycles. The van der Waals surface area contributed by atoms with Crippen LogP contribution in [0.4, 0.5) is 0 Å². The van der Waals surface area contributed by atoms with Crippen molar-refractivity contribution in [3.8, 4) is 0 Å². The molecule has 0 aromatic heterocycles. The lowest BCUT2D eigenvalue weighted by Crippen LogP contribution is -2.67. The first kappa shape index (κ1) is 114. The van der Waals surface area contributed by atoms with E-state index in [1.807, 2.05) is 0 Å². The van der Waals surface area contributed by atoms with E-state index in [4.69, 9.17) is 37.5 Å². The summed E-state index contributed by atoms with van der Waals surface area (Å²) >= 11 is 0. The minimum Gasteiger partial charge on any atom is -0.462 e. The topological polar surface area (TPSA) is 336 Å². The van der Waals surface area contributed by atoms with Gasteiger partial charge in [-0.05, 0) is 57.8 Å². The fourth-order valence-corrected chi connectivity index (χ4v) is 16.9.